The van der Waals surface area contributed by atoms with Crippen LogP contribution in [0, 0.1) is 11.8 Å². The van der Waals surface area contributed by atoms with Crippen LogP contribution in [0.15, 0.2) is 0 Å². The topological polar surface area (TPSA) is 72.8 Å². The molecule has 0 spiro atoms. The van der Waals surface area contributed by atoms with Crippen LogP contribution in [0.2, 0.25) is 0 Å². The lowest BCUT2D eigenvalue weighted by atomic mass is 10.00. The highest BCUT2D eigenvalue weighted by atomic mass is 19.4. The number of rotatable bonds is 2. The number of carbonyl (C=O) groups excluding carboxylic acids is 2. The van der Waals surface area contributed by atoms with Crippen LogP contribution in [0.3, 0.4) is 0 Å². The highest BCUT2D eigenvalue weighted by Gasteiger charge is 2.61. The molecule has 1 saturated heterocycles. The third-order valence-electron chi connectivity index (χ3n) is 3.60. The lowest BCUT2D eigenvalue weighted by molar-refractivity contribution is -0.314. The van der Waals surface area contributed by atoms with E-state index >= 15 is 0 Å². The van der Waals surface area contributed by atoms with E-state index in [1.165, 1.54) is 0 Å². The van der Waals surface area contributed by atoms with Crippen LogP contribution in [0.25, 0.3) is 0 Å². The first-order chi connectivity index (χ1) is 9.91. The third-order valence-corrected chi connectivity index (χ3v) is 3.60. The monoisotopic (exact) mass is 336 g/mol. The lowest BCUT2D eigenvalue weighted by Gasteiger charge is -2.28. The van der Waals surface area contributed by atoms with E-state index in [0.29, 0.717) is 0 Å². The van der Waals surface area contributed by atoms with Gasteiger partial charge >= 0.3 is 24.3 Å². The van der Waals surface area contributed by atoms with Gasteiger partial charge in [0.25, 0.3) is 6.10 Å². The Morgan fingerprint density at radius 2 is 1.77 bits per heavy atom. The van der Waals surface area contributed by atoms with Gasteiger partial charge in [-0.2, -0.15) is 26.3 Å². The number of esters is 2. The van der Waals surface area contributed by atoms with Crippen molar-refractivity contribution in [3.8, 4) is 0 Å². The maximum absolute atomic E-state index is 12.3. The second kappa shape index (κ2) is 5.28. The fourth-order valence-electron chi connectivity index (χ4n) is 2.63. The molecule has 22 heavy (non-hydrogen) atoms. The Kier molecular flexibility index (Phi) is 4.05. The summed E-state index contributed by atoms with van der Waals surface area (Å²) >= 11 is 0. The summed E-state index contributed by atoms with van der Waals surface area (Å²) in [5.41, 5.74) is 0. The average Bonchev–Trinajstić information content (AvgIpc) is 2.54. The van der Waals surface area contributed by atoms with Crippen molar-refractivity contribution in [3.63, 3.8) is 0 Å². The number of fused-ring (bicyclic) bond motifs is 2. The van der Waals surface area contributed by atoms with E-state index in [0.717, 1.165) is 0 Å². The Morgan fingerprint density at radius 1 is 1.23 bits per heavy atom. The van der Waals surface area contributed by atoms with Gasteiger partial charge in [0.15, 0.2) is 0 Å². The first-order valence-corrected chi connectivity index (χ1v) is 6.12. The van der Waals surface area contributed by atoms with Crippen molar-refractivity contribution in [1.29, 1.82) is 0 Å². The zero-order valence-electron chi connectivity index (χ0n) is 10.6. The maximum Gasteiger partial charge on any atom is 0.434 e. The summed E-state index contributed by atoms with van der Waals surface area (Å²) < 4.78 is 82.2. The molecule has 0 aromatic heterocycles. The Hall–Kier alpha value is -1.52. The van der Waals surface area contributed by atoms with Gasteiger partial charge in [0.2, 0.25) is 0 Å². The molecule has 2 fully saturated rings. The smallest absolute Gasteiger partial charge is 0.434 e. The highest BCUT2D eigenvalue weighted by Crippen LogP contribution is 2.42. The fraction of sp³-hybridized carbons (Fsp3) is 0.818. The van der Waals surface area contributed by atoms with E-state index in [4.69, 9.17) is 0 Å². The number of aliphatic hydroxyl groups is 1. The summed E-state index contributed by atoms with van der Waals surface area (Å²) in [7, 11) is 0. The van der Waals surface area contributed by atoms with Crippen molar-refractivity contribution < 1.29 is 50.5 Å². The molecule has 1 heterocycles. The molecule has 2 aliphatic rings. The van der Waals surface area contributed by atoms with Crippen LogP contribution < -0.4 is 0 Å². The van der Waals surface area contributed by atoms with Crippen LogP contribution in [0.1, 0.15) is 12.8 Å². The van der Waals surface area contributed by atoms with Crippen LogP contribution >= 0.6 is 0 Å². The first-order valence-electron chi connectivity index (χ1n) is 6.12. The summed E-state index contributed by atoms with van der Waals surface area (Å²) in [6.07, 6.45) is -19.2. The predicted molar refractivity (Wildman–Crippen MR) is 54.1 cm³/mol. The molecule has 5 nitrogen and oxygen atoms in total. The molecular weight excluding hydrogens is 326 g/mol. The van der Waals surface area contributed by atoms with E-state index in [2.05, 4.69) is 9.47 Å². The molecule has 4 unspecified atom stereocenters. The van der Waals surface area contributed by atoms with E-state index < -0.39 is 54.4 Å². The number of carbonyl (C=O) groups is 2. The second-order valence-corrected chi connectivity index (χ2v) is 5.15. The third kappa shape index (κ3) is 3.13. The molecular formula is C11H10F6O5. The molecule has 1 aliphatic heterocycles. The molecule has 4 atom stereocenters. The van der Waals surface area contributed by atoms with Gasteiger partial charge in [-0.15, -0.1) is 0 Å². The summed E-state index contributed by atoms with van der Waals surface area (Å²) in [5.74, 6) is -4.89. The first kappa shape index (κ1) is 16.8. The van der Waals surface area contributed by atoms with Gasteiger partial charge < -0.3 is 14.6 Å². The minimum Gasteiger partial charge on any atom is -0.459 e. The summed E-state index contributed by atoms with van der Waals surface area (Å²) in [5, 5.41) is 9.67. The molecule has 0 aromatic carbocycles. The second-order valence-electron chi connectivity index (χ2n) is 5.15. The van der Waals surface area contributed by atoms with Crippen molar-refractivity contribution in [2.45, 2.75) is 43.5 Å². The Morgan fingerprint density at radius 3 is 2.27 bits per heavy atom. The van der Waals surface area contributed by atoms with E-state index in [9.17, 15) is 41.0 Å². The van der Waals surface area contributed by atoms with Crippen molar-refractivity contribution >= 4 is 11.9 Å². The van der Waals surface area contributed by atoms with Gasteiger partial charge in [-0.05, 0) is 12.3 Å². The molecule has 2 rings (SSSR count). The standard InChI is InChI=1S/C11H10F6O5/c12-10(13,14)9(11(15,16)17)22-8(20)4-1-3-2-5(18)21-7(4)6(3)19/h3-4,6-7,9,19H,1-2H2. The largest absolute Gasteiger partial charge is 0.459 e. The van der Waals surface area contributed by atoms with Crippen molar-refractivity contribution in [2.24, 2.45) is 11.8 Å². The Balaban J connectivity index is 2.13. The Bertz CT molecular complexity index is 459. The summed E-state index contributed by atoms with van der Waals surface area (Å²) in [6.45, 7) is 0. The molecule has 11 heteroatoms. The van der Waals surface area contributed by atoms with Gasteiger partial charge in [0.05, 0.1) is 18.4 Å². The van der Waals surface area contributed by atoms with Gasteiger partial charge in [0, 0.05) is 0 Å². The predicted octanol–water partition coefficient (Wildman–Crippen LogP) is 1.34. The van der Waals surface area contributed by atoms with Gasteiger partial charge in [-0.1, -0.05) is 0 Å². The van der Waals surface area contributed by atoms with Crippen LogP contribution in [-0.4, -0.2) is 47.7 Å². The SMILES string of the molecule is O=C1CC2CC(C(=O)OC(C(F)(F)F)C(F)(F)F)C(O1)C2O. The molecule has 1 aliphatic carbocycles. The minimum atomic E-state index is -5.82. The fourth-order valence-corrected chi connectivity index (χ4v) is 2.63. The minimum absolute atomic E-state index is 0.260. The molecule has 2 bridgehead atoms. The molecule has 0 radical (unpaired) electrons. The number of hydrogen-bond donors (Lipinski definition) is 1. The zero-order chi connectivity index (χ0) is 16.9. The number of hydrogen-bond acceptors (Lipinski definition) is 5. The average molecular weight is 336 g/mol. The van der Waals surface area contributed by atoms with Crippen LogP contribution in [0.4, 0.5) is 26.3 Å². The lowest BCUT2D eigenvalue weighted by Crippen LogP contribution is -2.48. The van der Waals surface area contributed by atoms with Gasteiger partial charge in [-0.25, -0.2) is 0 Å². The van der Waals surface area contributed by atoms with Crippen molar-refractivity contribution in [1.82, 2.24) is 0 Å². The van der Waals surface area contributed by atoms with E-state index in [1.807, 2.05) is 0 Å². The number of halogens is 6. The van der Waals surface area contributed by atoms with Crippen molar-refractivity contribution in [2.75, 3.05) is 0 Å². The van der Waals surface area contributed by atoms with Crippen molar-refractivity contribution in [3.05, 3.63) is 0 Å². The molecule has 0 amide bonds. The Labute approximate surface area is 119 Å². The quantitative estimate of drug-likeness (QED) is 0.608. The molecule has 0 aromatic rings. The van der Waals surface area contributed by atoms with Crippen LogP contribution in [0.5, 0.6) is 0 Å². The number of ether oxygens (including phenoxy) is 2. The maximum atomic E-state index is 12.3. The number of aliphatic hydroxyl groups excluding tert-OH is 1. The summed E-state index contributed by atoms with van der Waals surface area (Å²) in [4.78, 5) is 22.8. The van der Waals surface area contributed by atoms with Crippen LogP contribution in [-0.2, 0) is 19.1 Å². The number of alkyl halides is 6. The molecule has 1 saturated carbocycles. The highest BCUT2D eigenvalue weighted by molar-refractivity contribution is 5.77. The van der Waals surface area contributed by atoms with Gasteiger partial charge in [0.1, 0.15) is 6.10 Å². The van der Waals surface area contributed by atoms with E-state index in [1.54, 1.807) is 0 Å². The van der Waals surface area contributed by atoms with Gasteiger partial charge in [-0.3, -0.25) is 9.59 Å². The summed E-state index contributed by atoms with van der Waals surface area (Å²) in [6, 6.07) is 0. The van der Waals surface area contributed by atoms with E-state index in [-0.39, 0.29) is 12.8 Å². The normalized spacial score (nSPS) is 32.1. The molecule has 1 N–H and O–H groups in total. The zero-order valence-corrected chi connectivity index (χ0v) is 10.6. The molecule has 126 valence electrons.